The van der Waals surface area contributed by atoms with Crippen LogP contribution in [0.1, 0.15) is 18.4 Å². The minimum Gasteiger partial charge on any atom is -0.480 e. The number of benzene rings is 3. The third kappa shape index (κ3) is 9.41. The minimum atomic E-state index is -1.23. The minimum absolute atomic E-state index is 0.112. The molecule has 3 rings (SSSR count). The molecule has 0 bridgehead atoms. The van der Waals surface area contributed by atoms with Gasteiger partial charge in [0.1, 0.15) is 18.6 Å². The van der Waals surface area contributed by atoms with Crippen molar-refractivity contribution < 1.29 is 29.4 Å². The fourth-order valence-electron chi connectivity index (χ4n) is 3.81. The predicted octanol–water partition coefficient (Wildman–Crippen LogP) is 4.03. The second-order valence-electron chi connectivity index (χ2n) is 8.98. The van der Waals surface area contributed by atoms with Crippen molar-refractivity contribution in [1.82, 2.24) is 5.32 Å². The molecule has 210 valence electrons. The van der Waals surface area contributed by atoms with Gasteiger partial charge in [0.2, 0.25) is 5.91 Å². The maximum absolute atomic E-state index is 13.6. The molecule has 0 aromatic heterocycles. The van der Waals surface area contributed by atoms with Crippen LogP contribution >= 0.6 is 23.4 Å². The second-order valence-corrected chi connectivity index (χ2v) is 10.4. The third-order valence-corrected chi connectivity index (χ3v) is 7.30. The maximum Gasteiger partial charge on any atom is 0.323 e. The van der Waals surface area contributed by atoms with E-state index in [1.165, 1.54) is 36.0 Å². The molecule has 0 saturated carbocycles. The van der Waals surface area contributed by atoms with E-state index in [9.17, 15) is 24.3 Å². The third-order valence-electron chi connectivity index (χ3n) is 5.94. The quantitative estimate of drug-likeness (QED) is 0.222. The number of carboxylic acids is 2. The van der Waals surface area contributed by atoms with E-state index in [1.807, 2.05) is 54.6 Å². The number of nitrogens with two attached hydrogens (primary N) is 1. The molecule has 0 radical (unpaired) electrons. The molecule has 3 aromatic rings. The smallest absolute Gasteiger partial charge is 0.323 e. The van der Waals surface area contributed by atoms with Crippen LogP contribution in [0.5, 0.6) is 0 Å². The Hall–Kier alpha value is -3.86. The Kier molecular flexibility index (Phi) is 11.6. The lowest BCUT2D eigenvalue weighted by Gasteiger charge is -2.27. The maximum atomic E-state index is 13.6. The molecule has 0 aliphatic rings. The molecule has 2 amide bonds. The van der Waals surface area contributed by atoms with E-state index in [-0.39, 0.29) is 18.6 Å². The molecule has 0 spiro atoms. The molecule has 0 unspecified atom stereocenters. The van der Waals surface area contributed by atoms with Gasteiger partial charge in [0, 0.05) is 28.6 Å². The molecule has 9 nitrogen and oxygen atoms in total. The topological polar surface area (TPSA) is 150 Å². The molecular formula is C29H30ClN3O6S. The van der Waals surface area contributed by atoms with Crippen molar-refractivity contribution in [3.63, 3.8) is 0 Å². The molecule has 0 saturated heterocycles. The average Bonchev–Trinajstić information content (AvgIpc) is 2.95. The summed E-state index contributed by atoms with van der Waals surface area (Å²) in [7, 11) is 0. The first kappa shape index (κ1) is 30.7. The number of nitrogens with one attached hydrogen (secondary N) is 1. The van der Waals surface area contributed by atoms with Crippen LogP contribution in [0.3, 0.4) is 0 Å². The van der Waals surface area contributed by atoms with Gasteiger partial charge in [-0.25, -0.2) is 0 Å². The highest BCUT2D eigenvalue weighted by Gasteiger charge is 2.29. The van der Waals surface area contributed by atoms with Crippen molar-refractivity contribution >= 4 is 52.8 Å². The fraction of sp³-hybridized carbons (Fsp3) is 0.241. The number of carbonyl (C=O) groups is 4. The molecule has 0 aliphatic carbocycles. The second kappa shape index (κ2) is 15.1. The summed E-state index contributed by atoms with van der Waals surface area (Å²) in [6, 6.07) is 21.8. The highest BCUT2D eigenvalue weighted by atomic mass is 35.5. The average molecular weight is 584 g/mol. The van der Waals surface area contributed by atoms with Crippen LogP contribution in [0.15, 0.2) is 78.9 Å². The standard InChI is InChI=1S/C29H30ClN3O6S/c30-22-10-12-23(13-11-22)33(16-27(35)36)28(37)25(32-26(34)15-14-24(31)29(38)39)18-40-17-19-6-8-21(9-7-19)20-4-2-1-3-5-20/h1-13,24-25H,14-18,31H2,(H,32,34)(H,35,36)(H,38,39)/t24-,25-/m0/s1. The van der Waals surface area contributed by atoms with Gasteiger partial charge in [-0.05, 0) is 47.4 Å². The number of carbonyl (C=O) groups excluding carboxylic acids is 2. The monoisotopic (exact) mass is 583 g/mol. The number of aliphatic carboxylic acids is 2. The van der Waals surface area contributed by atoms with Crippen LogP contribution in [-0.2, 0) is 24.9 Å². The number of thioether (sulfide) groups is 1. The first-order valence-corrected chi connectivity index (χ1v) is 14.0. The Morgan fingerprint density at radius 3 is 2.12 bits per heavy atom. The number of halogens is 1. The van der Waals surface area contributed by atoms with Crippen LogP contribution < -0.4 is 16.0 Å². The number of anilines is 1. The van der Waals surface area contributed by atoms with Crippen LogP contribution in [0.2, 0.25) is 5.02 Å². The first-order valence-electron chi connectivity index (χ1n) is 12.4. The van der Waals surface area contributed by atoms with E-state index in [1.54, 1.807) is 0 Å². The fourth-order valence-corrected chi connectivity index (χ4v) is 4.94. The summed E-state index contributed by atoms with van der Waals surface area (Å²) in [5.41, 5.74) is 8.99. The zero-order valence-electron chi connectivity index (χ0n) is 21.5. The Labute approximate surface area is 241 Å². The lowest BCUT2D eigenvalue weighted by atomic mass is 10.0. The van der Waals surface area contributed by atoms with Gasteiger partial charge in [0.15, 0.2) is 0 Å². The highest BCUT2D eigenvalue weighted by molar-refractivity contribution is 7.98. The first-order chi connectivity index (χ1) is 19.1. The molecule has 2 atom stereocenters. The number of rotatable bonds is 14. The van der Waals surface area contributed by atoms with E-state index >= 15 is 0 Å². The van der Waals surface area contributed by atoms with Gasteiger partial charge in [-0.3, -0.25) is 24.1 Å². The van der Waals surface area contributed by atoms with Crippen molar-refractivity contribution in [1.29, 1.82) is 0 Å². The molecule has 3 aromatic carbocycles. The van der Waals surface area contributed by atoms with Crippen molar-refractivity contribution in [3.8, 4) is 11.1 Å². The number of hydrogen-bond donors (Lipinski definition) is 4. The Morgan fingerprint density at radius 1 is 0.900 bits per heavy atom. The van der Waals surface area contributed by atoms with Gasteiger partial charge in [0.05, 0.1) is 0 Å². The Bertz CT molecular complexity index is 1310. The zero-order chi connectivity index (χ0) is 29.1. The van der Waals surface area contributed by atoms with E-state index in [2.05, 4.69) is 5.32 Å². The molecule has 40 heavy (non-hydrogen) atoms. The van der Waals surface area contributed by atoms with Crippen LogP contribution in [-0.4, -0.2) is 58.3 Å². The number of amides is 2. The SMILES string of the molecule is N[C@@H](CCC(=O)N[C@@H](CSCc1ccc(-c2ccccc2)cc1)C(=O)N(CC(=O)O)c1ccc(Cl)cc1)C(=O)O. The zero-order valence-corrected chi connectivity index (χ0v) is 23.1. The van der Waals surface area contributed by atoms with Gasteiger partial charge >= 0.3 is 11.9 Å². The molecule has 0 aliphatic heterocycles. The predicted molar refractivity (Wildman–Crippen MR) is 156 cm³/mol. The van der Waals surface area contributed by atoms with E-state index in [0.29, 0.717) is 16.5 Å². The molecular weight excluding hydrogens is 554 g/mol. The summed E-state index contributed by atoms with van der Waals surface area (Å²) in [6.45, 7) is -0.623. The van der Waals surface area contributed by atoms with Crippen molar-refractivity contribution in [2.24, 2.45) is 5.73 Å². The van der Waals surface area contributed by atoms with Gasteiger partial charge in [-0.2, -0.15) is 11.8 Å². The molecule has 0 heterocycles. The van der Waals surface area contributed by atoms with Crippen molar-refractivity contribution in [2.75, 3.05) is 17.2 Å². The summed E-state index contributed by atoms with van der Waals surface area (Å²) in [5.74, 6) is -2.95. The number of carboxylic acid groups (broad SMARTS) is 2. The van der Waals surface area contributed by atoms with Gasteiger partial charge in [0.25, 0.3) is 5.91 Å². The summed E-state index contributed by atoms with van der Waals surface area (Å²) >= 11 is 7.35. The van der Waals surface area contributed by atoms with Gasteiger partial charge in [-0.1, -0.05) is 66.2 Å². The Morgan fingerprint density at radius 2 is 1.52 bits per heavy atom. The summed E-state index contributed by atoms with van der Waals surface area (Å²) < 4.78 is 0. The van der Waals surface area contributed by atoms with Gasteiger partial charge in [-0.15, -0.1) is 0 Å². The van der Waals surface area contributed by atoms with Crippen LogP contribution in [0, 0.1) is 0 Å². The highest BCUT2D eigenvalue weighted by Crippen LogP contribution is 2.23. The summed E-state index contributed by atoms with van der Waals surface area (Å²) in [4.78, 5) is 49.9. The number of hydrogen-bond acceptors (Lipinski definition) is 6. The molecule has 0 fully saturated rings. The van der Waals surface area contributed by atoms with Crippen molar-refractivity contribution in [3.05, 3.63) is 89.4 Å². The van der Waals surface area contributed by atoms with Gasteiger partial charge < -0.3 is 21.3 Å². The molecule has 5 N–H and O–H groups in total. The largest absolute Gasteiger partial charge is 0.480 e. The number of nitrogens with zero attached hydrogens (tertiary/aromatic N) is 1. The van der Waals surface area contributed by atoms with E-state index < -0.39 is 42.4 Å². The lowest BCUT2D eigenvalue weighted by molar-refractivity contribution is -0.139. The van der Waals surface area contributed by atoms with Crippen LogP contribution in [0.25, 0.3) is 11.1 Å². The van der Waals surface area contributed by atoms with E-state index in [0.717, 1.165) is 21.6 Å². The van der Waals surface area contributed by atoms with Crippen molar-refractivity contribution in [2.45, 2.75) is 30.7 Å². The normalized spacial score (nSPS) is 12.2. The van der Waals surface area contributed by atoms with Crippen LogP contribution in [0.4, 0.5) is 5.69 Å². The summed E-state index contributed by atoms with van der Waals surface area (Å²) in [5, 5.41) is 21.5. The Balaban J connectivity index is 1.73. The summed E-state index contributed by atoms with van der Waals surface area (Å²) in [6.07, 6.45) is -0.318. The molecule has 11 heteroatoms. The lowest BCUT2D eigenvalue weighted by Crippen LogP contribution is -2.51. The van der Waals surface area contributed by atoms with E-state index in [4.69, 9.17) is 22.4 Å².